The first kappa shape index (κ1) is 42.5. The van der Waals surface area contributed by atoms with Gasteiger partial charge < -0.3 is 14.8 Å². The third-order valence-corrected chi connectivity index (χ3v) is 9.18. The van der Waals surface area contributed by atoms with Crippen LogP contribution in [-0.2, 0) is 53.3 Å². The number of nitrogens with two attached hydrogens (primary N) is 1. The standard InChI is InChI=1S/C27H25F6N5O6S2.C2HF3O2/c1-2-44-24(39)15-38(46(34,42)43)19-8-3-16(4-9-19)13-23(25-35-21-12-7-18(27(31,32)33)14-22(21)36-25)37-45(40,41)20-10-5-17(6-11-20)26(28,29)30;3-2(4,5)1(6)7/h3-12,14,23,37H,2,13,15H2,1H3,(H,35,36)(H2,34,42,43);(H,6,7)/t23-;/m0./s1. The molecule has 0 bridgehead atoms. The lowest BCUT2D eigenvalue weighted by Crippen LogP contribution is -2.40. The Kier molecular flexibility index (Phi) is 12.8. The summed E-state index contributed by atoms with van der Waals surface area (Å²) < 4.78 is 169. The number of H-pyrrole nitrogens is 1. The molecule has 24 heteroatoms. The lowest BCUT2D eigenvalue weighted by atomic mass is 10.1. The molecule has 0 aliphatic heterocycles. The molecule has 4 aromatic rings. The average molecular weight is 808 g/mol. The molecule has 0 unspecified atom stereocenters. The molecule has 4 rings (SSSR count). The van der Waals surface area contributed by atoms with E-state index < -0.39 is 79.3 Å². The summed E-state index contributed by atoms with van der Waals surface area (Å²) >= 11 is 0. The van der Waals surface area contributed by atoms with E-state index >= 15 is 0 Å². The zero-order valence-corrected chi connectivity index (χ0v) is 28.2. The Morgan fingerprint density at radius 1 is 0.887 bits per heavy atom. The number of esters is 1. The summed E-state index contributed by atoms with van der Waals surface area (Å²) in [7, 11) is -8.96. The molecule has 1 aromatic heterocycles. The van der Waals surface area contributed by atoms with Crippen LogP contribution in [0.3, 0.4) is 0 Å². The molecule has 0 aliphatic carbocycles. The molecular formula is C29H26F9N5O8S2. The second-order valence-corrected chi connectivity index (χ2v) is 13.8. The van der Waals surface area contributed by atoms with Crippen molar-refractivity contribution in [2.75, 3.05) is 17.5 Å². The number of carbonyl (C=O) groups excluding carboxylic acids is 1. The molecule has 0 fully saturated rings. The van der Waals surface area contributed by atoms with Crippen LogP contribution in [0.25, 0.3) is 11.0 Å². The summed E-state index contributed by atoms with van der Waals surface area (Å²) in [6.45, 7) is 0.771. The zero-order valence-electron chi connectivity index (χ0n) is 26.5. The first-order valence-electron chi connectivity index (χ1n) is 14.3. The van der Waals surface area contributed by atoms with Crippen LogP contribution in [0.5, 0.6) is 0 Å². The van der Waals surface area contributed by atoms with Crippen LogP contribution >= 0.6 is 0 Å². The minimum absolute atomic E-state index is 0.0146. The Bertz CT molecular complexity index is 2140. The molecule has 13 nitrogen and oxygen atoms in total. The normalized spacial score (nSPS) is 13.2. The number of aromatic nitrogens is 2. The minimum atomic E-state index is -5.08. The fourth-order valence-electron chi connectivity index (χ4n) is 4.33. The van der Waals surface area contributed by atoms with Crippen molar-refractivity contribution in [1.29, 1.82) is 0 Å². The number of imidazole rings is 1. The van der Waals surface area contributed by atoms with E-state index in [4.69, 9.17) is 19.8 Å². The highest BCUT2D eigenvalue weighted by Crippen LogP contribution is 2.33. The maximum Gasteiger partial charge on any atom is 0.490 e. The summed E-state index contributed by atoms with van der Waals surface area (Å²) in [6.07, 6.45) is -14.7. The van der Waals surface area contributed by atoms with Gasteiger partial charge in [-0.2, -0.15) is 47.9 Å². The highest BCUT2D eigenvalue weighted by atomic mass is 32.2. The molecule has 0 saturated carbocycles. The van der Waals surface area contributed by atoms with Crippen molar-refractivity contribution in [3.8, 4) is 0 Å². The number of nitrogens with zero attached hydrogens (tertiary/aromatic N) is 2. The molecule has 0 amide bonds. The van der Waals surface area contributed by atoms with Gasteiger partial charge in [0, 0.05) is 0 Å². The highest BCUT2D eigenvalue weighted by Gasteiger charge is 2.38. The van der Waals surface area contributed by atoms with Gasteiger partial charge in [0.25, 0.3) is 10.2 Å². The summed E-state index contributed by atoms with van der Waals surface area (Å²) in [4.78, 5) is 27.2. The molecule has 3 aromatic carbocycles. The number of ether oxygens (including phenoxy) is 1. The number of sulfonamides is 1. The molecule has 0 spiro atoms. The van der Waals surface area contributed by atoms with Crippen molar-refractivity contribution >= 4 is 48.9 Å². The van der Waals surface area contributed by atoms with Crippen molar-refractivity contribution in [1.82, 2.24) is 14.7 Å². The molecule has 1 atom stereocenters. The fourth-order valence-corrected chi connectivity index (χ4v) is 6.23. The monoisotopic (exact) mass is 807 g/mol. The highest BCUT2D eigenvalue weighted by molar-refractivity contribution is 7.90. The van der Waals surface area contributed by atoms with Crippen molar-refractivity contribution < 1.29 is 75.8 Å². The second kappa shape index (κ2) is 16.0. The average Bonchev–Trinajstić information content (AvgIpc) is 3.46. The molecule has 1 heterocycles. The van der Waals surface area contributed by atoms with E-state index in [2.05, 4.69) is 14.7 Å². The van der Waals surface area contributed by atoms with Gasteiger partial charge in [0.15, 0.2) is 0 Å². The summed E-state index contributed by atoms with van der Waals surface area (Å²) in [5, 5.41) is 12.4. The fraction of sp³-hybridized carbons (Fsp3) is 0.276. The number of anilines is 1. The van der Waals surface area contributed by atoms with Gasteiger partial charge >= 0.3 is 30.5 Å². The third kappa shape index (κ3) is 11.8. The molecule has 0 aliphatic rings. The number of carboxylic acid groups (broad SMARTS) is 1. The van der Waals surface area contributed by atoms with E-state index in [9.17, 15) is 61.1 Å². The van der Waals surface area contributed by atoms with Crippen molar-refractivity contribution in [3.63, 3.8) is 0 Å². The smallest absolute Gasteiger partial charge is 0.475 e. The number of rotatable bonds is 11. The first-order valence-corrected chi connectivity index (χ1v) is 17.3. The van der Waals surface area contributed by atoms with Crippen LogP contribution in [0.1, 0.15) is 35.5 Å². The topological polar surface area (TPSA) is 202 Å². The van der Waals surface area contributed by atoms with Crippen LogP contribution < -0.4 is 14.2 Å². The lowest BCUT2D eigenvalue weighted by molar-refractivity contribution is -0.192. The van der Waals surface area contributed by atoms with Crippen LogP contribution in [-0.4, -0.2) is 63.2 Å². The Hall–Kier alpha value is -4.94. The predicted octanol–water partition coefficient (Wildman–Crippen LogP) is 5.07. The molecular weight excluding hydrogens is 781 g/mol. The molecule has 0 saturated heterocycles. The van der Waals surface area contributed by atoms with Crippen molar-refractivity contribution in [3.05, 3.63) is 89.2 Å². The van der Waals surface area contributed by atoms with Gasteiger partial charge in [-0.15, -0.1) is 0 Å². The Labute approximate surface area is 293 Å². The SMILES string of the molecule is CCOC(=O)CN(c1ccc(C[C@H](NS(=O)(=O)c2ccc(C(F)(F)F)cc2)c2nc3ccc(C(F)(F)F)cc3[nH]2)cc1)S(N)(=O)=O.O=C(O)C(F)(F)F. The number of hydrogen-bond acceptors (Lipinski definition) is 8. The van der Waals surface area contributed by atoms with E-state index in [1.807, 2.05) is 0 Å². The summed E-state index contributed by atoms with van der Waals surface area (Å²) in [5.41, 5.74) is -1.76. The Balaban J connectivity index is 0.000000980. The molecule has 290 valence electrons. The number of halogens is 9. The zero-order chi connectivity index (χ0) is 40.2. The van der Waals surface area contributed by atoms with Gasteiger partial charge in [0.05, 0.1) is 45.4 Å². The largest absolute Gasteiger partial charge is 0.490 e. The van der Waals surface area contributed by atoms with Crippen molar-refractivity contribution in [2.24, 2.45) is 5.14 Å². The van der Waals surface area contributed by atoms with E-state index in [-0.39, 0.29) is 35.6 Å². The van der Waals surface area contributed by atoms with Gasteiger partial charge in [-0.25, -0.2) is 32.4 Å². The molecule has 53 heavy (non-hydrogen) atoms. The molecule has 0 radical (unpaired) electrons. The van der Waals surface area contributed by atoms with E-state index in [1.54, 1.807) is 0 Å². The number of hydrogen-bond donors (Lipinski definition) is 4. The number of aromatic amines is 1. The number of fused-ring (bicyclic) bond motifs is 1. The number of alkyl halides is 9. The lowest BCUT2D eigenvalue weighted by Gasteiger charge is -2.21. The summed E-state index contributed by atoms with van der Waals surface area (Å²) in [5.74, 6) is -3.76. The second-order valence-electron chi connectivity index (χ2n) is 10.6. The van der Waals surface area contributed by atoms with E-state index in [0.717, 1.165) is 30.3 Å². The first-order chi connectivity index (χ1) is 24.2. The number of benzene rings is 3. The van der Waals surface area contributed by atoms with Gasteiger partial charge in [-0.1, -0.05) is 12.1 Å². The van der Waals surface area contributed by atoms with Gasteiger partial charge in [0.2, 0.25) is 10.0 Å². The number of aliphatic carboxylic acids is 1. The number of carbonyl (C=O) groups is 2. The number of nitrogens with one attached hydrogen (secondary N) is 2. The van der Waals surface area contributed by atoms with E-state index in [1.165, 1.54) is 31.2 Å². The number of carboxylic acids is 1. The molecule has 5 N–H and O–H groups in total. The Morgan fingerprint density at radius 3 is 1.89 bits per heavy atom. The maximum absolute atomic E-state index is 13.3. The van der Waals surface area contributed by atoms with Gasteiger partial charge in [-0.05, 0) is 73.5 Å². The summed E-state index contributed by atoms with van der Waals surface area (Å²) in [6, 6.07) is 9.30. The van der Waals surface area contributed by atoms with Crippen LogP contribution in [0.2, 0.25) is 0 Å². The van der Waals surface area contributed by atoms with Crippen molar-refractivity contribution in [2.45, 2.75) is 42.8 Å². The van der Waals surface area contributed by atoms with Crippen LogP contribution in [0.4, 0.5) is 45.2 Å². The predicted molar refractivity (Wildman–Crippen MR) is 167 cm³/mol. The van der Waals surface area contributed by atoms with Crippen LogP contribution in [0, 0.1) is 0 Å². The Morgan fingerprint density at radius 2 is 1.42 bits per heavy atom. The minimum Gasteiger partial charge on any atom is -0.475 e. The maximum atomic E-state index is 13.3. The van der Waals surface area contributed by atoms with Gasteiger partial charge in [0.1, 0.15) is 12.4 Å². The third-order valence-electron chi connectivity index (χ3n) is 6.74. The van der Waals surface area contributed by atoms with E-state index in [0.29, 0.717) is 22.0 Å². The van der Waals surface area contributed by atoms with Gasteiger partial charge in [-0.3, -0.25) is 4.79 Å². The quantitative estimate of drug-likeness (QED) is 0.118. The van der Waals surface area contributed by atoms with Crippen LogP contribution in [0.15, 0.2) is 71.6 Å².